The Morgan fingerprint density at radius 2 is 2.55 bits per heavy atom. The van der Waals surface area contributed by atoms with E-state index in [4.69, 9.17) is 11.6 Å². The molecule has 1 aromatic rings. The summed E-state index contributed by atoms with van der Waals surface area (Å²) in [6.07, 6.45) is 3.35. The maximum Gasteiger partial charge on any atom is 0.227 e. The van der Waals surface area contributed by atoms with Crippen LogP contribution in [0.5, 0.6) is 0 Å². The molecule has 1 aliphatic rings. The highest BCUT2D eigenvalue weighted by molar-refractivity contribution is 6.20. The summed E-state index contributed by atoms with van der Waals surface area (Å²) in [6, 6.07) is 0. The SMILES string of the molecule is CC1=CC(Cl)n2ncnc2N1. The van der Waals surface area contributed by atoms with E-state index in [0.29, 0.717) is 5.95 Å². The molecule has 58 valence electrons. The van der Waals surface area contributed by atoms with E-state index in [-0.39, 0.29) is 5.50 Å². The summed E-state index contributed by atoms with van der Waals surface area (Å²) in [4.78, 5) is 3.97. The van der Waals surface area contributed by atoms with Crippen LogP contribution in [0.2, 0.25) is 0 Å². The van der Waals surface area contributed by atoms with Gasteiger partial charge in [0.15, 0.2) is 0 Å². The first-order valence-electron chi connectivity index (χ1n) is 3.26. The summed E-state index contributed by atoms with van der Waals surface area (Å²) in [5, 5.41) is 6.98. The number of anilines is 1. The maximum atomic E-state index is 5.93. The molecule has 1 aliphatic heterocycles. The molecule has 0 aliphatic carbocycles. The molecule has 0 saturated heterocycles. The largest absolute Gasteiger partial charge is 0.329 e. The van der Waals surface area contributed by atoms with Crippen LogP contribution in [-0.2, 0) is 0 Å². The Labute approximate surface area is 68.9 Å². The Morgan fingerprint density at radius 1 is 1.73 bits per heavy atom. The lowest BCUT2D eigenvalue weighted by molar-refractivity contribution is 0.668. The van der Waals surface area contributed by atoms with E-state index >= 15 is 0 Å². The van der Waals surface area contributed by atoms with E-state index < -0.39 is 0 Å². The van der Waals surface area contributed by atoms with Crippen molar-refractivity contribution in [1.82, 2.24) is 14.8 Å². The lowest BCUT2D eigenvalue weighted by Crippen LogP contribution is -2.14. The zero-order chi connectivity index (χ0) is 7.84. The van der Waals surface area contributed by atoms with E-state index in [1.54, 1.807) is 4.68 Å². The monoisotopic (exact) mass is 170 g/mol. The van der Waals surface area contributed by atoms with Crippen molar-refractivity contribution in [3.63, 3.8) is 0 Å². The minimum atomic E-state index is -0.214. The topological polar surface area (TPSA) is 42.7 Å². The van der Waals surface area contributed by atoms with Crippen molar-refractivity contribution in [2.24, 2.45) is 0 Å². The van der Waals surface area contributed by atoms with Gasteiger partial charge in [0.05, 0.1) is 0 Å². The minimum absolute atomic E-state index is 0.214. The number of nitrogens with zero attached hydrogens (tertiary/aromatic N) is 3. The highest BCUT2D eigenvalue weighted by Crippen LogP contribution is 2.23. The van der Waals surface area contributed by atoms with Crippen LogP contribution in [0, 0.1) is 0 Å². The smallest absolute Gasteiger partial charge is 0.227 e. The Bertz CT molecular complexity index is 303. The first-order chi connectivity index (χ1) is 5.27. The van der Waals surface area contributed by atoms with E-state index in [9.17, 15) is 0 Å². The molecule has 0 saturated carbocycles. The van der Waals surface area contributed by atoms with Gasteiger partial charge >= 0.3 is 0 Å². The normalized spacial score (nSPS) is 22.0. The van der Waals surface area contributed by atoms with Crippen LogP contribution in [-0.4, -0.2) is 14.8 Å². The van der Waals surface area contributed by atoms with Crippen LogP contribution < -0.4 is 5.32 Å². The van der Waals surface area contributed by atoms with Crippen LogP contribution in [0.4, 0.5) is 5.95 Å². The predicted molar refractivity (Wildman–Crippen MR) is 42.3 cm³/mol. The fourth-order valence-corrected chi connectivity index (χ4v) is 1.35. The van der Waals surface area contributed by atoms with Crippen molar-refractivity contribution in [2.75, 3.05) is 5.32 Å². The van der Waals surface area contributed by atoms with E-state index in [1.165, 1.54) is 6.33 Å². The lowest BCUT2D eigenvalue weighted by Gasteiger charge is -2.16. The van der Waals surface area contributed by atoms with Crippen LogP contribution in [0.3, 0.4) is 0 Å². The molecule has 2 heterocycles. The molecule has 0 aromatic carbocycles. The van der Waals surface area contributed by atoms with Crippen LogP contribution in [0.15, 0.2) is 18.1 Å². The minimum Gasteiger partial charge on any atom is -0.329 e. The van der Waals surface area contributed by atoms with Crippen LogP contribution >= 0.6 is 11.6 Å². The number of halogens is 1. The second kappa shape index (κ2) is 2.23. The molecule has 5 heteroatoms. The van der Waals surface area contributed by atoms with Gasteiger partial charge in [-0.2, -0.15) is 10.1 Å². The van der Waals surface area contributed by atoms with Gasteiger partial charge < -0.3 is 5.32 Å². The Morgan fingerprint density at radius 3 is 3.36 bits per heavy atom. The molecule has 0 fully saturated rings. The van der Waals surface area contributed by atoms with E-state index in [2.05, 4.69) is 15.4 Å². The Hall–Kier alpha value is -1.03. The maximum absolute atomic E-state index is 5.93. The average Bonchev–Trinajstić information content (AvgIpc) is 2.34. The van der Waals surface area contributed by atoms with Gasteiger partial charge in [-0.05, 0) is 13.0 Å². The number of aromatic nitrogens is 3. The second-order valence-electron chi connectivity index (χ2n) is 2.38. The average molecular weight is 171 g/mol. The van der Waals surface area contributed by atoms with Crippen molar-refractivity contribution >= 4 is 17.5 Å². The molecular formula is C6H7ClN4. The van der Waals surface area contributed by atoms with Gasteiger partial charge in [-0.3, -0.25) is 0 Å². The number of fused-ring (bicyclic) bond motifs is 1. The molecule has 0 radical (unpaired) electrons. The highest BCUT2D eigenvalue weighted by atomic mass is 35.5. The standard InChI is InChI=1S/C6H7ClN4/c1-4-2-5(7)11-6(10-4)8-3-9-11/h2-3,5H,1H3,(H,8,9,10). The summed E-state index contributed by atoms with van der Waals surface area (Å²) in [5.41, 5.74) is 0.791. The Balaban J connectivity index is 2.45. The van der Waals surface area contributed by atoms with Crippen molar-refractivity contribution < 1.29 is 0 Å². The van der Waals surface area contributed by atoms with Gasteiger partial charge in [0.2, 0.25) is 5.95 Å². The number of alkyl halides is 1. The first kappa shape index (κ1) is 6.67. The predicted octanol–water partition coefficient (Wildman–Crippen LogP) is 1.34. The fourth-order valence-electron chi connectivity index (χ4n) is 1.01. The molecule has 1 N–H and O–H groups in total. The van der Waals surface area contributed by atoms with Crippen LogP contribution in [0.25, 0.3) is 0 Å². The van der Waals surface area contributed by atoms with Crippen molar-refractivity contribution in [3.05, 3.63) is 18.1 Å². The summed E-state index contributed by atoms with van der Waals surface area (Å²) in [7, 11) is 0. The van der Waals surface area contributed by atoms with Gasteiger partial charge in [0, 0.05) is 5.70 Å². The van der Waals surface area contributed by atoms with Crippen LogP contribution in [0.1, 0.15) is 12.4 Å². The quantitative estimate of drug-likeness (QED) is 0.598. The summed E-state index contributed by atoms with van der Waals surface area (Å²) in [6.45, 7) is 1.94. The van der Waals surface area contributed by atoms with Gasteiger partial charge in [0.1, 0.15) is 11.8 Å². The first-order valence-corrected chi connectivity index (χ1v) is 3.70. The summed E-state index contributed by atoms with van der Waals surface area (Å²) < 4.78 is 1.62. The Kier molecular flexibility index (Phi) is 1.35. The zero-order valence-corrected chi connectivity index (χ0v) is 6.71. The van der Waals surface area contributed by atoms with Crippen molar-refractivity contribution in [2.45, 2.75) is 12.4 Å². The molecule has 1 unspecified atom stereocenters. The van der Waals surface area contributed by atoms with E-state index in [1.807, 2.05) is 13.0 Å². The number of rotatable bonds is 0. The fraction of sp³-hybridized carbons (Fsp3) is 0.333. The molecule has 1 atom stereocenters. The zero-order valence-electron chi connectivity index (χ0n) is 5.95. The summed E-state index contributed by atoms with van der Waals surface area (Å²) >= 11 is 5.93. The molecule has 2 rings (SSSR count). The second-order valence-corrected chi connectivity index (χ2v) is 2.82. The molecule has 11 heavy (non-hydrogen) atoms. The highest BCUT2D eigenvalue weighted by Gasteiger charge is 2.15. The molecule has 0 amide bonds. The van der Waals surface area contributed by atoms with E-state index in [0.717, 1.165) is 5.70 Å². The number of nitrogens with one attached hydrogen (secondary N) is 1. The van der Waals surface area contributed by atoms with Gasteiger partial charge in [-0.25, -0.2) is 4.68 Å². The third-order valence-corrected chi connectivity index (χ3v) is 1.81. The van der Waals surface area contributed by atoms with Crippen molar-refractivity contribution in [3.8, 4) is 0 Å². The van der Waals surface area contributed by atoms with Crippen molar-refractivity contribution in [1.29, 1.82) is 0 Å². The lowest BCUT2D eigenvalue weighted by atomic mass is 10.4. The number of hydrogen-bond donors (Lipinski definition) is 1. The molecular weight excluding hydrogens is 164 g/mol. The molecule has 1 aromatic heterocycles. The summed E-state index contributed by atoms with van der Waals surface area (Å²) in [5.74, 6) is 0.699. The van der Waals surface area contributed by atoms with Gasteiger partial charge in [-0.1, -0.05) is 11.6 Å². The van der Waals surface area contributed by atoms with Gasteiger partial charge in [0.25, 0.3) is 0 Å². The number of hydrogen-bond acceptors (Lipinski definition) is 3. The molecule has 0 spiro atoms. The molecule has 0 bridgehead atoms. The molecule has 4 nitrogen and oxygen atoms in total. The third-order valence-electron chi connectivity index (χ3n) is 1.50. The van der Waals surface area contributed by atoms with Gasteiger partial charge in [-0.15, -0.1) is 0 Å². The third kappa shape index (κ3) is 0.991. The number of allylic oxidation sites excluding steroid dienone is 2.